The van der Waals surface area contributed by atoms with E-state index in [0.717, 1.165) is 5.56 Å². The third-order valence-corrected chi connectivity index (χ3v) is 4.01. The molecule has 2 rings (SSSR count). The average Bonchev–Trinajstić information content (AvgIpc) is 2.61. The molecule has 6 heteroatoms. The maximum absolute atomic E-state index is 12.3. The van der Waals surface area contributed by atoms with Crippen molar-refractivity contribution in [1.29, 1.82) is 0 Å². The number of benzene rings is 2. The van der Waals surface area contributed by atoms with Gasteiger partial charge in [-0.25, -0.2) is 0 Å². The summed E-state index contributed by atoms with van der Waals surface area (Å²) in [5.74, 6) is -0.0163. The minimum absolute atomic E-state index is 0.0101. The second kappa shape index (κ2) is 8.10. The first-order valence-corrected chi connectivity index (χ1v) is 7.78. The summed E-state index contributed by atoms with van der Waals surface area (Å²) in [6, 6.07) is 16.2. The number of hydrogen-bond donors (Lipinski definition) is 1. The van der Waals surface area contributed by atoms with Crippen LogP contribution in [0, 0.1) is 10.1 Å². The van der Waals surface area contributed by atoms with Crippen molar-refractivity contribution in [1.82, 2.24) is 4.90 Å². The van der Waals surface area contributed by atoms with Crippen LogP contribution >= 0.6 is 0 Å². The molecule has 0 heterocycles. The van der Waals surface area contributed by atoms with E-state index in [1.807, 2.05) is 37.3 Å². The van der Waals surface area contributed by atoms with E-state index in [9.17, 15) is 14.9 Å². The molecule has 0 saturated heterocycles. The van der Waals surface area contributed by atoms with E-state index >= 15 is 0 Å². The maximum Gasteiger partial charge on any atom is 0.292 e. The molecular weight excluding hydrogens is 306 g/mol. The van der Waals surface area contributed by atoms with Gasteiger partial charge >= 0.3 is 0 Å². The Balaban J connectivity index is 1.90. The van der Waals surface area contributed by atoms with Crippen molar-refractivity contribution in [3.8, 4) is 0 Å². The summed E-state index contributed by atoms with van der Waals surface area (Å²) < 4.78 is 0. The number of hydrogen-bond acceptors (Lipinski definition) is 4. The molecule has 0 saturated carbocycles. The lowest BCUT2D eigenvalue weighted by molar-refractivity contribution is -0.384. The van der Waals surface area contributed by atoms with Gasteiger partial charge in [-0.3, -0.25) is 14.9 Å². The maximum atomic E-state index is 12.3. The van der Waals surface area contributed by atoms with Crippen LogP contribution < -0.4 is 5.32 Å². The number of carbonyl (C=O) groups excluding carboxylic acids is 1. The third kappa shape index (κ3) is 4.32. The molecule has 126 valence electrons. The molecular formula is C18H21N3O3. The number of nitro benzene ring substituents is 1. The topological polar surface area (TPSA) is 75.5 Å². The Kier molecular flexibility index (Phi) is 5.89. The fourth-order valence-corrected chi connectivity index (χ4v) is 2.43. The predicted octanol–water partition coefficient (Wildman–Crippen LogP) is 3.62. The summed E-state index contributed by atoms with van der Waals surface area (Å²) in [6.45, 7) is 2.32. The molecule has 0 aliphatic heterocycles. The van der Waals surface area contributed by atoms with Gasteiger partial charge in [-0.1, -0.05) is 42.5 Å². The van der Waals surface area contributed by atoms with Gasteiger partial charge in [-0.05, 0) is 18.6 Å². The number of para-hydroxylation sites is 2. The summed E-state index contributed by atoms with van der Waals surface area (Å²) in [4.78, 5) is 24.5. The first-order chi connectivity index (χ1) is 11.5. The quantitative estimate of drug-likeness (QED) is 0.622. The highest BCUT2D eigenvalue weighted by atomic mass is 16.6. The van der Waals surface area contributed by atoms with Crippen molar-refractivity contribution in [2.75, 3.05) is 18.9 Å². The third-order valence-electron chi connectivity index (χ3n) is 4.01. The fourth-order valence-electron chi connectivity index (χ4n) is 2.43. The van der Waals surface area contributed by atoms with Crippen molar-refractivity contribution in [3.05, 3.63) is 70.3 Å². The lowest BCUT2D eigenvalue weighted by atomic mass is 10.1. The second-order valence-corrected chi connectivity index (χ2v) is 5.54. The van der Waals surface area contributed by atoms with Crippen molar-refractivity contribution in [2.24, 2.45) is 0 Å². The number of nitrogens with one attached hydrogen (secondary N) is 1. The van der Waals surface area contributed by atoms with Gasteiger partial charge in [0.05, 0.1) is 11.0 Å². The van der Waals surface area contributed by atoms with Gasteiger partial charge in [-0.15, -0.1) is 0 Å². The highest BCUT2D eigenvalue weighted by molar-refractivity contribution is 5.77. The number of amides is 1. The Hall–Kier alpha value is -2.89. The van der Waals surface area contributed by atoms with Crippen molar-refractivity contribution in [2.45, 2.75) is 19.4 Å². The van der Waals surface area contributed by atoms with E-state index in [1.165, 1.54) is 6.07 Å². The molecule has 0 spiro atoms. The lowest BCUT2D eigenvalue weighted by Gasteiger charge is -2.25. The predicted molar refractivity (Wildman–Crippen MR) is 93.8 cm³/mol. The van der Waals surface area contributed by atoms with Crippen molar-refractivity contribution < 1.29 is 9.72 Å². The van der Waals surface area contributed by atoms with Gasteiger partial charge in [0.15, 0.2) is 0 Å². The Labute approximate surface area is 141 Å². The van der Waals surface area contributed by atoms with Gasteiger partial charge in [0, 0.05) is 26.1 Å². The molecule has 1 N–H and O–H groups in total. The van der Waals surface area contributed by atoms with Crippen LogP contribution in [0.15, 0.2) is 54.6 Å². The van der Waals surface area contributed by atoms with Crippen molar-refractivity contribution >= 4 is 17.3 Å². The number of anilines is 1. The summed E-state index contributed by atoms with van der Waals surface area (Å²) >= 11 is 0. The summed E-state index contributed by atoms with van der Waals surface area (Å²) in [6.07, 6.45) is 0.264. The van der Waals surface area contributed by atoms with Gasteiger partial charge in [-0.2, -0.15) is 0 Å². The monoisotopic (exact) mass is 327 g/mol. The van der Waals surface area contributed by atoms with E-state index < -0.39 is 4.92 Å². The van der Waals surface area contributed by atoms with Gasteiger partial charge in [0.1, 0.15) is 5.69 Å². The Bertz CT molecular complexity index is 704. The van der Waals surface area contributed by atoms with Gasteiger partial charge < -0.3 is 10.2 Å². The van der Waals surface area contributed by atoms with Gasteiger partial charge in [0.2, 0.25) is 5.91 Å². The number of carbonyl (C=O) groups is 1. The Morgan fingerprint density at radius 3 is 2.46 bits per heavy atom. The minimum Gasteiger partial charge on any atom is -0.379 e. The van der Waals surface area contributed by atoms with E-state index in [-0.39, 0.29) is 24.1 Å². The standard InChI is InChI=1S/C18H21N3O3/c1-14(15-8-4-3-5-9-15)20(2)18(22)12-13-19-16-10-6-7-11-17(16)21(23)24/h3-11,14,19H,12-13H2,1-2H3/t14-/m0/s1. The molecule has 6 nitrogen and oxygen atoms in total. The zero-order chi connectivity index (χ0) is 17.5. The zero-order valence-electron chi connectivity index (χ0n) is 13.8. The molecule has 2 aromatic rings. The molecule has 1 atom stereocenters. The zero-order valence-corrected chi connectivity index (χ0v) is 13.8. The molecule has 0 aliphatic rings. The summed E-state index contributed by atoms with van der Waals surface area (Å²) in [5, 5.41) is 13.9. The van der Waals surface area contributed by atoms with Gasteiger partial charge in [0.25, 0.3) is 5.69 Å². The molecule has 0 unspecified atom stereocenters. The summed E-state index contributed by atoms with van der Waals surface area (Å²) in [7, 11) is 1.77. The van der Waals surface area contributed by atoms with Crippen LogP contribution in [0.4, 0.5) is 11.4 Å². The van der Waals surface area contributed by atoms with Crippen LogP contribution in [0.5, 0.6) is 0 Å². The summed E-state index contributed by atoms with van der Waals surface area (Å²) in [5.41, 5.74) is 1.50. The second-order valence-electron chi connectivity index (χ2n) is 5.54. The largest absolute Gasteiger partial charge is 0.379 e. The Morgan fingerprint density at radius 2 is 1.79 bits per heavy atom. The van der Waals surface area contributed by atoms with Crippen LogP contribution in [0.3, 0.4) is 0 Å². The average molecular weight is 327 g/mol. The van der Waals surface area contributed by atoms with E-state index in [0.29, 0.717) is 12.2 Å². The molecule has 0 bridgehead atoms. The normalized spacial score (nSPS) is 11.6. The number of nitro groups is 1. The molecule has 1 amide bonds. The van der Waals surface area contributed by atoms with E-state index in [2.05, 4.69) is 5.32 Å². The van der Waals surface area contributed by atoms with E-state index in [1.54, 1.807) is 30.1 Å². The Morgan fingerprint density at radius 1 is 1.17 bits per heavy atom. The van der Waals surface area contributed by atoms with Crippen LogP contribution in [0.25, 0.3) is 0 Å². The minimum atomic E-state index is -0.437. The molecule has 0 radical (unpaired) electrons. The van der Waals surface area contributed by atoms with Crippen LogP contribution in [0.1, 0.15) is 24.9 Å². The van der Waals surface area contributed by atoms with E-state index in [4.69, 9.17) is 0 Å². The molecule has 2 aromatic carbocycles. The SMILES string of the molecule is C[C@@H](c1ccccc1)N(C)C(=O)CCNc1ccccc1[N+](=O)[O-]. The number of nitrogens with zero attached hydrogens (tertiary/aromatic N) is 2. The highest BCUT2D eigenvalue weighted by Gasteiger charge is 2.17. The first-order valence-electron chi connectivity index (χ1n) is 7.78. The van der Waals surface area contributed by atoms with Crippen LogP contribution in [-0.2, 0) is 4.79 Å². The van der Waals surface area contributed by atoms with Crippen LogP contribution in [-0.4, -0.2) is 29.3 Å². The molecule has 24 heavy (non-hydrogen) atoms. The lowest BCUT2D eigenvalue weighted by Crippen LogP contribution is -2.30. The smallest absolute Gasteiger partial charge is 0.292 e. The highest BCUT2D eigenvalue weighted by Crippen LogP contribution is 2.23. The first kappa shape index (κ1) is 17.5. The number of rotatable bonds is 7. The fraction of sp³-hybridized carbons (Fsp3) is 0.278. The van der Waals surface area contributed by atoms with Crippen molar-refractivity contribution in [3.63, 3.8) is 0 Å². The molecule has 0 aliphatic carbocycles. The molecule has 0 aromatic heterocycles. The van der Waals surface area contributed by atoms with Crippen LogP contribution in [0.2, 0.25) is 0 Å². The molecule has 0 fully saturated rings.